The molecule has 1 atom stereocenters. The first kappa shape index (κ1) is 20.4. The fourth-order valence-electron chi connectivity index (χ4n) is 3.31. The summed E-state index contributed by atoms with van der Waals surface area (Å²) in [5.41, 5.74) is 1.44. The van der Waals surface area contributed by atoms with Gasteiger partial charge in [-0.15, -0.1) is 0 Å². The zero-order valence-electron chi connectivity index (χ0n) is 15.8. The quantitative estimate of drug-likeness (QED) is 0.822. The topological polar surface area (TPSA) is 83.6 Å². The molecule has 2 amide bonds. The molecule has 0 saturated carbocycles. The third-order valence-electron chi connectivity index (χ3n) is 4.66. The van der Waals surface area contributed by atoms with Crippen molar-refractivity contribution in [1.82, 2.24) is 0 Å². The lowest BCUT2D eigenvalue weighted by molar-refractivity contribution is -0.124. The van der Waals surface area contributed by atoms with E-state index in [1.807, 2.05) is 13.8 Å². The first-order valence-corrected chi connectivity index (χ1v) is 11.1. The van der Waals surface area contributed by atoms with Gasteiger partial charge in [0, 0.05) is 11.3 Å². The van der Waals surface area contributed by atoms with Crippen molar-refractivity contribution in [2.24, 2.45) is 5.92 Å². The van der Waals surface area contributed by atoms with E-state index in [2.05, 4.69) is 5.32 Å². The normalized spacial score (nSPS) is 16.7. The number of halogens is 1. The highest BCUT2D eigenvalue weighted by Gasteiger charge is 2.39. The Morgan fingerprint density at radius 3 is 2.50 bits per heavy atom. The van der Waals surface area contributed by atoms with Gasteiger partial charge in [0.25, 0.3) is 0 Å². The Morgan fingerprint density at radius 2 is 1.89 bits per heavy atom. The van der Waals surface area contributed by atoms with Crippen molar-refractivity contribution in [1.29, 1.82) is 0 Å². The standard InChI is InChI=1S/C20H21ClN2O4S/c1-12(2)19-20(25)22-16-11-14(28(3,26)27)8-9-17(16)23(19)18(24)10-13-6-4-5-7-15(13)21/h4-9,11-12,19H,10H2,1-3H3,(H,22,25). The van der Waals surface area contributed by atoms with Gasteiger partial charge in [0.05, 0.1) is 22.7 Å². The average Bonchev–Trinajstić information content (AvgIpc) is 2.60. The first-order valence-electron chi connectivity index (χ1n) is 8.80. The highest BCUT2D eigenvalue weighted by Crippen LogP contribution is 2.36. The van der Waals surface area contributed by atoms with E-state index in [1.165, 1.54) is 17.0 Å². The fraction of sp³-hybridized carbons (Fsp3) is 0.300. The Kier molecular flexibility index (Phi) is 5.50. The molecule has 1 N–H and O–H groups in total. The lowest BCUT2D eigenvalue weighted by atomic mass is 9.96. The second-order valence-electron chi connectivity index (χ2n) is 7.16. The third kappa shape index (κ3) is 3.91. The lowest BCUT2D eigenvalue weighted by Gasteiger charge is -2.38. The number of rotatable bonds is 4. The van der Waals surface area contributed by atoms with Gasteiger partial charge in [0.15, 0.2) is 9.84 Å². The molecule has 28 heavy (non-hydrogen) atoms. The minimum atomic E-state index is -3.45. The van der Waals surface area contributed by atoms with Gasteiger partial charge in [0.2, 0.25) is 11.8 Å². The van der Waals surface area contributed by atoms with Crippen LogP contribution in [0.2, 0.25) is 5.02 Å². The van der Waals surface area contributed by atoms with Crippen molar-refractivity contribution < 1.29 is 18.0 Å². The van der Waals surface area contributed by atoms with Gasteiger partial charge >= 0.3 is 0 Å². The van der Waals surface area contributed by atoms with Gasteiger partial charge in [-0.1, -0.05) is 43.6 Å². The maximum absolute atomic E-state index is 13.2. The van der Waals surface area contributed by atoms with E-state index in [4.69, 9.17) is 11.6 Å². The van der Waals surface area contributed by atoms with E-state index < -0.39 is 15.9 Å². The number of anilines is 2. The second-order valence-corrected chi connectivity index (χ2v) is 9.58. The average molecular weight is 421 g/mol. The molecule has 0 aliphatic carbocycles. The third-order valence-corrected chi connectivity index (χ3v) is 6.14. The van der Waals surface area contributed by atoms with Crippen LogP contribution < -0.4 is 10.2 Å². The molecular formula is C20H21ClN2O4S. The maximum atomic E-state index is 13.2. The van der Waals surface area contributed by atoms with E-state index in [1.54, 1.807) is 30.3 Å². The van der Waals surface area contributed by atoms with Crippen LogP contribution in [0.4, 0.5) is 11.4 Å². The van der Waals surface area contributed by atoms with Crippen LogP contribution in [0.1, 0.15) is 19.4 Å². The lowest BCUT2D eigenvalue weighted by Crippen LogP contribution is -2.54. The molecular weight excluding hydrogens is 400 g/mol. The molecule has 0 radical (unpaired) electrons. The monoisotopic (exact) mass is 420 g/mol. The van der Waals surface area contributed by atoms with E-state index in [9.17, 15) is 18.0 Å². The van der Waals surface area contributed by atoms with Crippen molar-refractivity contribution in [2.45, 2.75) is 31.2 Å². The summed E-state index contributed by atoms with van der Waals surface area (Å²) in [5.74, 6) is -0.770. The highest BCUT2D eigenvalue weighted by atomic mass is 35.5. The summed E-state index contributed by atoms with van der Waals surface area (Å²) < 4.78 is 23.7. The van der Waals surface area contributed by atoms with Crippen LogP contribution in [0.3, 0.4) is 0 Å². The van der Waals surface area contributed by atoms with Crippen molar-refractivity contribution in [2.75, 3.05) is 16.5 Å². The van der Waals surface area contributed by atoms with Gasteiger partial charge < -0.3 is 5.32 Å². The Hall–Kier alpha value is -2.38. The molecule has 0 aromatic heterocycles. The smallest absolute Gasteiger partial charge is 0.247 e. The molecule has 2 aromatic rings. The predicted octanol–water partition coefficient (Wildman–Crippen LogP) is 3.30. The summed E-state index contributed by atoms with van der Waals surface area (Å²) in [6, 6.07) is 10.7. The van der Waals surface area contributed by atoms with Crippen LogP contribution in [0.25, 0.3) is 0 Å². The van der Waals surface area contributed by atoms with Gasteiger partial charge in [0.1, 0.15) is 6.04 Å². The zero-order chi connectivity index (χ0) is 20.6. The SMILES string of the molecule is CC(C)C1C(=O)Nc2cc(S(C)(=O)=O)ccc2N1C(=O)Cc1ccccc1Cl. The maximum Gasteiger partial charge on any atom is 0.247 e. The van der Waals surface area contributed by atoms with Crippen molar-refractivity contribution in [3.05, 3.63) is 53.1 Å². The number of hydrogen-bond acceptors (Lipinski definition) is 4. The molecule has 1 aliphatic heterocycles. The molecule has 8 heteroatoms. The summed E-state index contributed by atoms with van der Waals surface area (Å²) in [6.45, 7) is 3.71. The number of fused-ring (bicyclic) bond motifs is 1. The van der Waals surface area contributed by atoms with E-state index in [-0.39, 0.29) is 29.0 Å². The Bertz CT molecular complexity index is 1050. The number of carbonyl (C=O) groups is 2. The van der Waals surface area contributed by atoms with Gasteiger partial charge in [-0.25, -0.2) is 8.42 Å². The molecule has 1 unspecified atom stereocenters. The number of sulfone groups is 1. The summed E-state index contributed by atoms with van der Waals surface area (Å²) in [4.78, 5) is 27.4. The van der Waals surface area contributed by atoms with Gasteiger partial charge in [-0.05, 0) is 35.7 Å². The van der Waals surface area contributed by atoms with Crippen LogP contribution in [0.15, 0.2) is 47.4 Å². The number of carbonyl (C=O) groups excluding carboxylic acids is 2. The zero-order valence-corrected chi connectivity index (χ0v) is 17.3. The van der Waals surface area contributed by atoms with E-state index in [0.29, 0.717) is 22.0 Å². The van der Waals surface area contributed by atoms with Crippen molar-refractivity contribution >= 4 is 44.6 Å². The number of nitrogens with one attached hydrogen (secondary N) is 1. The Labute approximate surface area is 169 Å². The summed E-state index contributed by atoms with van der Waals surface area (Å²) in [6.07, 6.45) is 1.13. The molecule has 6 nitrogen and oxygen atoms in total. The molecule has 0 saturated heterocycles. The Morgan fingerprint density at radius 1 is 1.21 bits per heavy atom. The molecule has 2 aromatic carbocycles. The second kappa shape index (κ2) is 7.56. The molecule has 148 valence electrons. The highest BCUT2D eigenvalue weighted by molar-refractivity contribution is 7.90. The molecule has 1 aliphatic rings. The molecule has 0 spiro atoms. The van der Waals surface area contributed by atoms with Crippen LogP contribution in [-0.4, -0.2) is 32.5 Å². The van der Waals surface area contributed by atoms with E-state index >= 15 is 0 Å². The number of nitrogens with zero attached hydrogens (tertiary/aromatic N) is 1. The Balaban J connectivity index is 2.07. The minimum Gasteiger partial charge on any atom is -0.322 e. The number of amides is 2. The number of benzene rings is 2. The van der Waals surface area contributed by atoms with Crippen LogP contribution in [-0.2, 0) is 25.8 Å². The minimum absolute atomic E-state index is 0.0312. The molecule has 1 heterocycles. The molecule has 0 bridgehead atoms. The van der Waals surface area contributed by atoms with Crippen LogP contribution in [0, 0.1) is 5.92 Å². The van der Waals surface area contributed by atoms with Gasteiger partial charge in [-0.3, -0.25) is 14.5 Å². The van der Waals surface area contributed by atoms with Gasteiger partial charge in [-0.2, -0.15) is 0 Å². The number of hydrogen-bond donors (Lipinski definition) is 1. The van der Waals surface area contributed by atoms with Crippen molar-refractivity contribution in [3.8, 4) is 0 Å². The van der Waals surface area contributed by atoms with E-state index in [0.717, 1.165) is 6.26 Å². The van der Waals surface area contributed by atoms with Crippen LogP contribution >= 0.6 is 11.6 Å². The van der Waals surface area contributed by atoms with Crippen molar-refractivity contribution in [3.63, 3.8) is 0 Å². The summed E-state index contributed by atoms with van der Waals surface area (Å²) in [5, 5.41) is 3.22. The fourth-order valence-corrected chi connectivity index (χ4v) is 4.16. The summed E-state index contributed by atoms with van der Waals surface area (Å²) >= 11 is 6.19. The predicted molar refractivity (Wildman–Crippen MR) is 109 cm³/mol. The molecule has 3 rings (SSSR count). The molecule has 0 fully saturated rings. The van der Waals surface area contributed by atoms with Crippen LogP contribution in [0.5, 0.6) is 0 Å². The largest absolute Gasteiger partial charge is 0.322 e. The first-order chi connectivity index (χ1) is 13.1. The summed E-state index contributed by atoms with van der Waals surface area (Å²) in [7, 11) is -3.45.